The van der Waals surface area contributed by atoms with E-state index in [4.69, 9.17) is 9.47 Å². The third-order valence-corrected chi connectivity index (χ3v) is 6.21. The van der Waals surface area contributed by atoms with Crippen LogP contribution >= 0.6 is 0 Å². The molecular formula is C22H28N4O3. The maximum atomic E-state index is 13.2. The van der Waals surface area contributed by atoms with Crippen molar-refractivity contribution in [1.29, 1.82) is 0 Å². The highest BCUT2D eigenvalue weighted by Crippen LogP contribution is 2.33. The summed E-state index contributed by atoms with van der Waals surface area (Å²) < 4.78 is 13.1. The van der Waals surface area contributed by atoms with Crippen LogP contribution in [0.5, 0.6) is 11.5 Å². The summed E-state index contributed by atoms with van der Waals surface area (Å²) in [6.07, 6.45) is 5.01. The highest BCUT2D eigenvalue weighted by atomic mass is 16.6. The zero-order valence-electron chi connectivity index (χ0n) is 17.0. The number of aromatic nitrogens is 2. The van der Waals surface area contributed by atoms with Crippen molar-refractivity contribution in [2.45, 2.75) is 31.7 Å². The summed E-state index contributed by atoms with van der Waals surface area (Å²) >= 11 is 0. The zero-order chi connectivity index (χ0) is 19.8. The Morgan fingerprint density at radius 2 is 1.93 bits per heavy atom. The molecule has 3 heterocycles. The third kappa shape index (κ3) is 3.71. The van der Waals surface area contributed by atoms with Gasteiger partial charge in [0.25, 0.3) is 0 Å². The Bertz CT molecular complexity index is 901. The van der Waals surface area contributed by atoms with E-state index in [0.717, 1.165) is 74.7 Å². The quantitative estimate of drug-likeness (QED) is 0.794. The van der Waals surface area contributed by atoms with Crippen molar-refractivity contribution in [3.8, 4) is 11.5 Å². The van der Waals surface area contributed by atoms with Gasteiger partial charge in [-0.25, -0.2) is 0 Å². The molecule has 1 aromatic carbocycles. The molecule has 1 fully saturated rings. The van der Waals surface area contributed by atoms with E-state index >= 15 is 0 Å². The van der Waals surface area contributed by atoms with Gasteiger partial charge in [0, 0.05) is 51.5 Å². The van der Waals surface area contributed by atoms with Gasteiger partial charge in [0.1, 0.15) is 13.2 Å². The summed E-state index contributed by atoms with van der Waals surface area (Å²) in [4.78, 5) is 17.6. The number of carbonyl (C=O) groups excluding carboxylic acids is 1. The fraction of sp³-hybridized carbons (Fsp3) is 0.545. The van der Waals surface area contributed by atoms with Gasteiger partial charge in [-0.3, -0.25) is 14.4 Å². The molecule has 0 spiro atoms. The molecule has 3 aliphatic rings. The predicted octanol–water partition coefficient (Wildman–Crippen LogP) is 1.96. The number of piperazine rings is 1. The van der Waals surface area contributed by atoms with Gasteiger partial charge in [0.05, 0.1) is 11.6 Å². The molecule has 0 radical (unpaired) electrons. The van der Waals surface area contributed by atoms with Crippen molar-refractivity contribution >= 4 is 5.91 Å². The number of carbonyl (C=O) groups is 1. The Labute approximate surface area is 171 Å². The lowest BCUT2D eigenvalue weighted by Crippen LogP contribution is -2.49. The van der Waals surface area contributed by atoms with Crippen LogP contribution in [0, 0.1) is 0 Å². The number of ether oxygens (including phenoxy) is 2. The van der Waals surface area contributed by atoms with Crippen LogP contribution in [0.3, 0.4) is 0 Å². The molecule has 29 heavy (non-hydrogen) atoms. The second kappa shape index (κ2) is 7.71. The standard InChI is InChI=1S/C22H28N4O3/c1-24-15-18-17(3-2-4-19(18)23-24)22(27)26-9-7-25(8-10-26)14-16-5-6-20-21(13-16)29-12-11-28-20/h5-6,13,15,17H,2-4,7-12,14H2,1H3. The molecule has 154 valence electrons. The van der Waals surface area contributed by atoms with E-state index in [0.29, 0.717) is 13.2 Å². The van der Waals surface area contributed by atoms with Crippen LogP contribution in [0.1, 0.15) is 35.6 Å². The number of rotatable bonds is 3. The second-order valence-electron chi connectivity index (χ2n) is 8.23. The molecule has 1 unspecified atom stereocenters. The van der Waals surface area contributed by atoms with Crippen molar-refractivity contribution in [1.82, 2.24) is 19.6 Å². The van der Waals surface area contributed by atoms with E-state index in [1.807, 2.05) is 28.9 Å². The van der Waals surface area contributed by atoms with E-state index in [-0.39, 0.29) is 11.8 Å². The third-order valence-electron chi connectivity index (χ3n) is 6.21. The Morgan fingerprint density at radius 1 is 1.14 bits per heavy atom. The van der Waals surface area contributed by atoms with Crippen molar-refractivity contribution in [3.05, 3.63) is 41.2 Å². The van der Waals surface area contributed by atoms with Gasteiger partial charge in [0.15, 0.2) is 11.5 Å². The van der Waals surface area contributed by atoms with Crippen molar-refractivity contribution < 1.29 is 14.3 Å². The van der Waals surface area contributed by atoms with E-state index in [2.05, 4.69) is 22.1 Å². The molecule has 7 heteroatoms. The summed E-state index contributed by atoms with van der Waals surface area (Å²) in [6, 6.07) is 6.19. The number of hydrogen-bond acceptors (Lipinski definition) is 5. The molecule has 2 aliphatic heterocycles. The highest BCUT2D eigenvalue weighted by Gasteiger charge is 2.33. The van der Waals surface area contributed by atoms with Crippen LogP contribution in [0.4, 0.5) is 0 Å². The van der Waals surface area contributed by atoms with Crippen LogP contribution in [-0.2, 0) is 24.8 Å². The first-order valence-electron chi connectivity index (χ1n) is 10.6. The second-order valence-corrected chi connectivity index (χ2v) is 8.23. The van der Waals surface area contributed by atoms with Crippen LogP contribution in [0.15, 0.2) is 24.4 Å². The Balaban J connectivity index is 1.19. The number of fused-ring (bicyclic) bond motifs is 2. The monoisotopic (exact) mass is 396 g/mol. The number of benzene rings is 1. The first-order chi connectivity index (χ1) is 14.2. The van der Waals surface area contributed by atoms with Gasteiger partial charge in [-0.15, -0.1) is 0 Å². The van der Waals surface area contributed by atoms with Gasteiger partial charge < -0.3 is 14.4 Å². The topological polar surface area (TPSA) is 59.8 Å². The van der Waals surface area contributed by atoms with Crippen LogP contribution in [-0.4, -0.2) is 64.9 Å². The average Bonchev–Trinajstić information content (AvgIpc) is 3.14. The van der Waals surface area contributed by atoms with Crippen molar-refractivity contribution in [3.63, 3.8) is 0 Å². The maximum absolute atomic E-state index is 13.2. The van der Waals surface area contributed by atoms with Crippen LogP contribution < -0.4 is 9.47 Å². The van der Waals surface area contributed by atoms with E-state index < -0.39 is 0 Å². The van der Waals surface area contributed by atoms with Gasteiger partial charge in [-0.05, 0) is 37.0 Å². The molecule has 1 amide bonds. The molecule has 7 nitrogen and oxygen atoms in total. The van der Waals surface area contributed by atoms with Gasteiger partial charge in [-0.2, -0.15) is 5.10 Å². The molecule has 2 aromatic rings. The van der Waals surface area contributed by atoms with E-state index in [9.17, 15) is 4.79 Å². The number of nitrogens with zero attached hydrogens (tertiary/aromatic N) is 4. The smallest absolute Gasteiger partial charge is 0.230 e. The molecule has 1 aromatic heterocycles. The number of hydrogen-bond donors (Lipinski definition) is 0. The summed E-state index contributed by atoms with van der Waals surface area (Å²) in [6.45, 7) is 5.46. The first kappa shape index (κ1) is 18.5. The molecule has 1 atom stereocenters. The van der Waals surface area contributed by atoms with Crippen molar-refractivity contribution in [2.24, 2.45) is 7.05 Å². The molecule has 5 rings (SSSR count). The van der Waals surface area contributed by atoms with Gasteiger partial charge in [0.2, 0.25) is 5.91 Å². The van der Waals surface area contributed by atoms with Gasteiger partial charge in [-0.1, -0.05) is 6.07 Å². The molecule has 0 saturated carbocycles. The Morgan fingerprint density at radius 3 is 2.76 bits per heavy atom. The Kier molecular flexibility index (Phi) is 4.91. The molecule has 0 bridgehead atoms. The minimum atomic E-state index is -0.0169. The average molecular weight is 396 g/mol. The highest BCUT2D eigenvalue weighted by molar-refractivity contribution is 5.84. The number of aryl methyl sites for hydroxylation is 2. The van der Waals surface area contributed by atoms with Crippen LogP contribution in [0.2, 0.25) is 0 Å². The fourth-order valence-corrected chi connectivity index (χ4v) is 4.71. The lowest BCUT2D eigenvalue weighted by Gasteiger charge is -2.37. The predicted molar refractivity (Wildman–Crippen MR) is 108 cm³/mol. The van der Waals surface area contributed by atoms with E-state index in [1.54, 1.807) is 0 Å². The molecule has 0 N–H and O–H groups in total. The van der Waals surface area contributed by atoms with Crippen LogP contribution in [0.25, 0.3) is 0 Å². The summed E-state index contributed by atoms with van der Waals surface area (Å²) in [7, 11) is 1.94. The maximum Gasteiger partial charge on any atom is 0.230 e. The molecule has 1 aliphatic carbocycles. The number of amides is 1. The minimum absolute atomic E-state index is 0.0169. The lowest BCUT2D eigenvalue weighted by molar-refractivity contribution is -0.135. The van der Waals surface area contributed by atoms with Gasteiger partial charge >= 0.3 is 0 Å². The summed E-state index contributed by atoms with van der Waals surface area (Å²) in [5.41, 5.74) is 3.47. The molecular weight excluding hydrogens is 368 g/mol. The minimum Gasteiger partial charge on any atom is -0.486 e. The molecule has 1 saturated heterocycles. The van der Waals surface area contributed by atoms with E-state index in [1.165, 1.54) is 5.56 Å². The fourth-order valence-electron chi connectivity index (χ4n) is 4.71. The summed E-state index contributed by atoms with van der Waals surface area (Å²) in [5, 5.41) is 4.54. The normalized spacial score (nSPS) is 21.7. The SMILES string of the molecule is Cn1cc2c(n1)CCCC2C(=O)N1CCN(Cc2ccc3c(c2)OCCO3)CC1. The largest absolute Gasteiger partial charge is 0.486 e. The zero-order valence-corrected chi connectivity index (χ0v) is 17.0. The van der Waals surface area contributed by atoms with Crippen molar-refractivity contribution in [2.75, 3.05) is 39.4 Å². The first-order valence-corrected chi connectivity index (χ1v) is 10.6. The Hall–Kier alpha value is -2.54. The summed E-state index contributed by atoms with van der Waals surface area (Å²) in [5.74, 6) is 1.93. The lowest BCUT2D eigenvalue weighted by atomic mass is 9.86.